The lowest BCUT2D eigenvalue weighted by Crippen LogP contribution is -2.33. The molecule has 0 aromatic heterocycles. The maximum absolute atomic E-state index is 9.96. The summed E-state index contributed by atoms with van der Waals surface area (Å²) in [5, 5.41) is 13.4. The normalized spacial score (nSPS) is 22.6. The highest BCUT2D eigenvalue weighted by Crippen LogP contribution is 2.30. The third-order valence-corrected chi connectivity index (χ3v) is 4.08. The molecule has 1 saturated carbocycles. The van der Waals surface area contributed by atoms with Gasteiger partial charge in [0, 0.05) is 18.7 Å². The van der Waals surface area contributed by atoms with Gasteiger partial charge in [0.25, 0.3) is 0 Å². The molecule has 2 rings (SSSR count). The molecule has 1 aliphatic carbocycles. The third-order valence-electron chi connectivity index (χ3n) is 4.08. The van der Waals surface area contributed by atoms with Gasteiger partial charge in [0.1, 0.15) is 0 Å². The Hall–Kier alpha value is -1.26. The molecule has 1 aromatic rings. The van der Waals surface area contributed by atoms with E-state index < -0.39 is 0 Å². The highest BCUT2D eigenvalue weighted by Gasteiger charge is 2.22. The first-order valence-corrected chi connectivity index (χ1v) is 7.35. The highest BCUT2D eigenvalue weighted by atomic mass is 16.5. The molecule has 0 spiro atoms. The summed E-state index contributed by atoms with van der Waals surface area (Å²) in [6.07, 6.45) is 4.29. The Kier molecular flexibility index (Phi) is 5.68. The average molecular weight is 279 g/mol. The molecule has 0 heterocycles. The lowest BCUT2D eigenvalue weighted by molar-refractivity contribution is 0.0695. The molecule has 1 aliphatic rings. The zero-order valence-electron chi connectivity index (χ0n) is 12.4. The number of para-hydroxylation sites is 1. The summed E-state index contributed by atoms with van der Waals surface area (Å²) in [7, 11) is 3.31. The summed E-state index contributed by atoms with van der Waals surface area (Å²) in [5.41, 5.74) is 1.08. The lowest BCUT2D eigenvalue weighted by Gasteiger charge is -2.27. The van der Waals surface area contributed by atoms with Crippen LogP contribution in [0.5, 0.6) is 11.5 Å². The van der Waals surface area contributed by atoms with Gasteiger partial charge in [-0.25, -0.2) is 0 Å². The maximum Gasteiger partial charge on any atom is 0.165 e. The van der Waals surface area contributed by atoms with Crippen molar-refractivity contribution in [2.45, 2.75) is 38.3 Å². The third kappa shape index (κ3) is 3.64. The Morgan fingerprint density at radius 3 is 2.70 bits per heavy atom. The molecule has 4 heteroatoms. The summed E-state index contributed by atoms with van der Waals surface area (Å²) in [6.45, 7) is 1.57. The smallest absolute Gasteiger partial charge is 0.165 e. The van der Waals surface area contributed by atoms with Crippen LogP contribution in [0.25, 0.3) is 0 Å². The molecule has 0 radical (unpaired) electrons. The van der Waals surface area contributed by atoms with E-state index in [1.54, 1.807) is 14.2 Å². The Balaban J connectivity index is 1.90. The van der Waals surface area contributed by atoms with Crippen molar-refractivity contribution >= 4 is 0 Å². The zero-order chi connectivity index (χ0) is 14.4. The topological polar surface area (TPSA) is 50.7 Å². The van der Waals surface area contributed by atoms with Gasteiger partial charge in [-0.1, -0.05) is 25.0 Å². The van der Waals surface area contributed by atoms with Gasteiger partial charge in [-0.15, -0.1) is 0 Å². The van der Waals surface area contributed by atoms with E-state index in [9.17, 15) is 5.11 Å². The van der Waals surface area contributed by atoms with Crippen LogP contribution in [0.2, 0.25) is 0 Å². The molecule has 2 unspecified atom stereocenters. The van der Waals surface area contributed by atoms with Crippen molar-refractivity contribution in [3.05, 3.63) is 23.8 Å². The van der Waals surface area contributed by atoms with E-state index in [4.69, 9.17) is 9.47 Å². The number of ether oxygens (including phenoxy) is 2. The van der Waals surface area contributed by atoms with Crippen molar-refractivity contribution in [2.24, 2.45) is 5.92 Å². The van der Waals surface area contributed by atoms with Crippen molar-refractivity contribution in [1.82, 2.24) is 5.32 Å². The fourth-order valence-corrected chi connectivity index (χ4v) is 2.91. The molecule has 1 fully saturated rings. The second kappa shape index (κ2) is 7.50. The van der Waals surface area contributed by atoms with Gasteiger partial charge in [0.05, 0.1) is 20.3 Å². The van der Waals surface area contributed by atoms with Gasteiger partial charge >= 0.3 is 0 Å². The van der Waals surface area contributed by atoms with Crippen LogP contribution < -0.4 is 14.8 Å². The van der Waals surface area contributed by atoms with Gasteiger partial charge in [-0.05, 0) is 24.8 Å². The number of benzene rings is 1. The minimum absolute atomic E-state index is 0.150. The summed E-state index contributed by atoms with van der Waals surface area (Å²) < 4.78 is 10.7. The Bertz CT molecular complexity index is 422. The monoisotopic (exact) mass is 279 g/mol. The molecule has 2 N–H and O–H groups in total. The minimum Gasteiger partial charge on any atom is -0.493 e. The summed E-state index contributed by atoms with van der Waals surface area (Å²) in [6, 6.07) is 5.90. The molecule has 0 saturated heterocycles. The van der Waals surface area contributed by atoms with E-state index in [2.05, 4.69) is 5.32 Å². The maximum atomic E-state index is 9.96. The van der Waals surface area contributed by atoms with Crippen molar-refractivity contribution in [3.8, 4) is 11.5 Å². The van der Waals surface area contributed by atoms with E-state index in [-0.39, 0.29) is 6.10 Å². The predicted molar refractivity (Wildman–Crippen MR) is 79.2 cm³/mol. The van der Waals surface area contributed by atoms with E-state index in [1.807, 2.05) is 18.2 Å². The predicted octanol–water partition coefficient (Wildman–Crippen LogP) is 2.34. The zero-order valence-corrected chi connectivity index (χ0v) is 12.4. The average Bonchev–Trinajstić information content (AvgIpc) is 2.48. The van der Waals surface area contributed by atoms with E-state index in [0.29, 0.717) is 5.92 Å². The van der Waals surface area contributed by atoms with Crippen LogP contribution in [0.1, 0.15) is 31.2 Å². The largest absolute Gasteiger partial charge is 0.493 e. The van der Waals surface area contributed by atoms with E-state index in [0.717, 1.165) is 49.4 Å². The van der Waals surface area contributed by atoms with Gasteiger partial charge < -0.3 is 19.9 Å². The van der Waals surface area contributed by atoms with Crippen LogP contribution in [-0.4, -0.2) is 32.0 Å². The van der Waals surface area contributed by atoms with Crippen LogP contribution in [0, 0.1) is 5.92 Å². The number of hydrogen-bond acceptors (Lipinski definition) is 4. The van der Waals surface area contributed by atoms with Crippen molar-refractivity contribution in [3.63, 3.8) is 0 Å². The Morgan fingerprint density at radius 1 is 1.20 bits per heavy atom. The van der Waals surface area contributed by atoms with Crippen LogP contribution in [-0.2, 0) is 6.54 Å². The number of nitrogens with one attached hydrogen (secondary N) is 1. The number of rotatable bonds is 6. The first kappa shape index (κ1) is 15.1. The van der Waals surface area contributed by atoms with Crippen LogP contribution in [0.3, 0.4) is 0 Å². The Morgan fingerprint density at radius 2 is 2.00 bits per heavy atom. The first-order chi connectivity index (χ1) is 9.76. The SMILES string of the molecule is COc1cccc(CNCC2CCCCC2O)c1OC. The van der Waals surface area contributed by atoms with E-state index >= 15 is 0 Å². The molecule has 0 amide bonds. The summed E-state index contributed by atoms with van der Waals surface area (Å²) in [4.78, 5) is 0. The van der Waals surface area contributed by atoms with E-state index in [1.165, 1.54) is 6.42 Å². The molecular formula is C16H25NO3. The summed E-state index contributed by atoms with van der Waals surface area (Å²) in [5.74, 6) is 1.91. The molecule has 2 atom stereocenters. The summed E-state index contributed by atoms with van der Waals surface area (Å²) >= 11 is 0. The first-order valence-electron chi connectivity index (χ1n) is 7.35. The Labute approximate surface area is 121 Å². The second-order valence-corrected chi connectivity index (χ2v) is 5.40. The fraction of sp³-hybridized carbons (Fsp3) is 0.625. The number of aliphatic hydroxyl groups excluding tert-OH is 1. The van der Waals surface area contributed by atoms with Crippen molar-refractivity contribution in [2.75, 3.05) is 20.8 Å². The van der Waals surface area contributed by atoms with Crippen LogP contribution in [0.15, 0.2) is 18.2 Å². The molecule has 0 bridgehead atoms. The number of aliphatic hydroxyl groups is 1. The standard InChI is InChI=1S/C16H25NO3/c1-19-15-9-5-7-13(16(15)20-2)11-17-10-12-6-3-4-8-14(12)18/h5,7,9,12,14,17-18H,3-4,6,8,10-11H2,1-2H3. The number of hydrogen-bond donors (Lipinski definition) is 2. The molecule has 1 aromatic carbocycles. The van der Waals surface area contributed by atoms with Crippen LogP contribution >= 0.6 is 0 Å². The van der Waals surface area contributed by atoms with Gasteiger partial charge in [0.2, 0.25) is 0 Å². The van der Waals surface area contributed by atoms with Crippen molar-refractivity contribution in [1.29, 1.82) is 0 Å². The fourth-order valence-electron chi connectivity index (χ4n) is 2.91. The van der Waals surface area contributed by atoms with Crippen LogP contribution in [0.4, 0.5) is 0 Å². The molecule has 0 aliphatic heterocycles. The molecule has 20 heavy (non-hydrogen) atoms. The van der Waals surface area contributed by atoms with Gasteiger partial charge in [-0.2, -0.15) is 0 Å². The second-order valence-electron chi connectivity index (χ2n) is 5.40. The van der Waals surface area contributed by atoms with Gasteiger partial charge in [-0.3, -0.25) is 0 Å². The highest BCUT2D eigenvalue weighted by molar-refractivity contribution is 5.46. The van der Waals surface area contributed by atoms with Gasteiger partial charge in [0.15, 0.2) is 11.5 Å². The molecule has 112 valence electrons. The van der Waals surface area contributed by atoms with Crippen molar-refractivity contribution < 1.29 is 14.6 Å². The molecular weight excluding hydrogens is 254 g/mol. The minimum atomic E-state index is -0.150. The quantitative estimate of drug-likeness (QED) is 0.839. The lowest BCUT2D eigenvalue weighted by atomic mass is 9.86. The molecule has 4 nitrogen and oxygen atoms in total. The number of methoxy groups -OCH3 is 2.